The van der Waals surface area contributed by atoms with Gasteiger partial charge >= 0.3 is 0 Å². The van der Waals surface area contributed by atoms with E-state index >= 15 is 0 Å². The fourth-order valence-corrected chi connectivity index (χ4v) is 2.45. The first-order valence-electron chi connectivity index (χ1n) is 6.26. The first-order chi connectivity index (χ1) is 7.79. The van der Waals surface area contributed by atoms with Crippen molar-refractivity contribution >= 4 is 5.69 Å². The number of rotatable bonds is 3. The Morgan fingerprint density at radius 2 is 1.88 bits per heavy atom. The van der Waals surface area contributed by atoms with Crippen LogP contribution in [0.3, 0.4) is 0 Å². The Kier molecular flexibility index (Phi) is 3.83. The SMILES string of the molecule is CC1CCCCC1Nc1ccc(CO)cc1. The molecule has 1 aromatic carbocycles. The van der Waals surface area contributed by atoms with Gasteiger partial charge in [-0.2, -0.15) is 0 Å². The predicted molar refractivity (Wildman–Crippen MR) is 67.4 cm³/mol. The zero-order valence-corrected chi connectivity index (χ0v) is 9.95. The molecule has 1 aliphatic rings. The maximum atomic E-state index is 8.97. The summed E-state index contributed by atoms with van der Waals surface area (Å²) < 4.78 is 0. The van der Waals surface area contributed by atoms with Crippen molar-refractivity contribution in [2.24, 2.45) is 5.92 Å². The molecule has 1 aliphatic carbocycles. The van der Waals surface area contributed by atoms with Gasteiger partial charge in [0, 0.05) is 11.7 Å². The lowest BCUT2D eigenvalue weighted by atomic mass is 9.86. The molecule has 0 spiro atoms. The summed E-state index contributed by atoms with van der Waals surface area (Å²) in [6, 6.07) is 8.71. The molecule has 1 fully saturated rings. The third-order valence-electron chi connectivity index (χ3n) is 3.60. The molecule has 1 saturated carbocycles. The first kappa shape index (κ1) is 11.5. The minimum Gasteiger partial charge on any atom is -0.392 e. The molecule has 2 N–H and O–H groups in total. The number of nitrogens with one attached hydrogen (secondary N) is 1. The second-order valence-electron chi connectivity index (χ2n) is 4.87. The van der Waals surface area contributed by atoms with Gasteiger partial charge in [-0.3, -0.25) is 0 Å². The molecular formula is C14H21NO. The summed E-state index contributed by atoms with van der Waals surface area (Å²) in [6.07, 6.45) is 5.34. The highest BCUT2D eigenvalue weighted by molar-refractivity contribution is 5.45. The highest BCUT2D eigenvalue weighted by Crippen LogP contribution is 2.26. The van der Waals surface area contributed by atoms with E-state index in [1.54, 1.807) is 0 Å². The monoisotopic (exact) mass is 219 g/mol. The second-order valence-corrected chi connectivity index (χ2v) is 4.87. The molecule has 0 bridgehead atoms. The van der Waals surface area contributed by atoms with E-state index in [0.717, 1.165) is 11.5 Å². The molecule has 0 aromatic heterocycles. The Balaban J connectivity index is 1.96. The molecule has 2 heteroatoms. The van der Waals surface area contributed by atoms with Crippen molar-refractivity contribution in [3.8, 4) is 0 Å². The van der Waals surface area contributed by atoms with Crippen molar-refractivity contribution in [1.82, 2.24) is 0 Å². The van der Waals surface area contributed by atoms with Crippen LogP contribution >= 0.6 is 0 Å². The van der Waals surface area contributed by atoms with E-state index in [2.05, 4.69) is 24.4 Å². The van der Waals surface area contributed by atoms with Crippen molar-refractivity contribution in [3.05, 3.63) is 29.8 Å². The van der Waals surface area contributed by atoms with Crippen LogP contribution in [-0.2, 0) is 6.61 Å². The normalized spacial score (nSPS) is 25.4. The minimum absolute atomic E-state index is 0.125. The molecule has 1 aromatic rings. The predicted octanol–water partition coefficient (Wildman–Crippen LogP) is 3.17. The molecule has 2 unspecified atom stereocenters. The fraction of sp³-hybridized carbons (Fsp3) is 0.571. The Morgan fingerprint density at radius 1 is 1.19 bits per heavy atom. The molecule has 0 amide bonds. The van der Waals surface area contributed by atoms with Gasteiger partial charge in [0.15, 0.2) is 0 Å². The van der Waals surface area contributed by atoms with Crippen LogP contribution in [0.2, 0.25) is 0 Å². The summed E-state index contributed by atoms with van der Waals surface area (Å²) >= 11 is 0. The second kappa shape index (κ2) is 5.35. The summed E-state index contributed by atoms with van der Waals surface area (Å²) in [6.45, 7) is 2.46. The van der Waals surface area contributed by atoms with E-state index in [1.807, 2.05) is 12.1 Å². The standard InChI is InChI=1S/C14H21NO/c1-11-4-2-3-5-14(11)15-13-8-6-12(10-16)7-9-13/h6-9,11,14-16H,2-5,10H2,1H3. The third kappa shape index (κ3) is 2.76. The fourth-order valence-electron chi connectivity index (χ4n) is 2.45. The van der Waals surface area contributed by atoms with Gasteiger partial charge in [0.05, 0.1) is 6.61 Å². The third-order valence-corrected chi connectivity index (χ3v) is 3.60. The Bertz CT molecular complexity index is 320. The molecule has 0 radical (unpaired) electrons. The number of benzene rings is 1. The lowest BCUT2D eigenvalue weighted by Gasteiger charge is -2.30. The number of aliphatic hydroxyl groups is 1. The average Bonchev–Trinajstić information content (AvgIpc) is 2.33. The van der Waals surface area contributed by atoms with E-state index in [-0.39, 0.29) is 6.61 Å². The van der Waals surface area contributed by atoms with Gasteiger partial charge in [0.1, 0.15) is 0 Å². The van der Waals surface area contributed by atoms with E-state index < -0.39 is 0 Å². The van der Waals surface area contributed by atoms with Gasteiger partial charge in [-0.15, -0.1) is 0 Å². The van der Waals surface area contributed by atoms with Gasteiger partial charge in [0.2, 0.25) is 0 Å². The Hall–Kier alpha value is -1.02. The summed E-state index contributed by atoms with van der Waals surface area (Å²) in [5, 5.41) is 12.6. The average molecular weight is 219 g/mol. The largest absolute Gasteiger partial charge is 0.392 e. The van der Waals surface area contributed by atoms with Gasteiger partial charge in [-0.05, 0) is 36.5 Å². The topological polar surface area (TPSA) is 32.3 Å². The highest BCUT2D eigenvalue weighted by atomic mass is 16.3. The van der Waals surface area contributed by atoms with Crippen LogP contribution in [0.1, 0.15) is 38.2 Å². The Morgan fingerprint density at radius 3 is 2.50 bits per heavy atom. The number of anilines is 1. The molecule has 88 valence electrons. The highest BCUT2D eigenvalue weighted by Gasteiger charge is 2.20. The summed E-state index contributed by atoms with van der Waals surface area (Å²) in [5.74, 6) is 0.770. The van der Waals surface area contributed by atoms with Crippen LogP contribution in [0.4, 0.5) is 5.69 Å². The van der Waals surface area contributed by atoms with Crippen LogP contribution in [0.15, 0.2) is 24.3 Å². The molecule has 0 saturated heterocycles. The number of aliphatic hydroxyl groups excluding tert-OH is 1. The lowest BCUT2D eigenvalue weighted by Crippen LogP contribution is -2.30. The van der Waals surface area contributed by atoms with Crippen LogP contribution in [0.25, 0.3) is 0 Å². The number of hydrogen-bond acceptors (Lipinski definition) is 2. The molecule has 0 aliphatic heterocycles. The van der Waals surface area contributed by atoms with Crippen LogP contribution in [0, 0.1) is 5.92 Å². The van der Waals surface area contributed by atoms with Crippen molar-refractivity contribution in [2.45, 2.75) is 45.3 Å². The van der Waals surface area contributed by atoms with Gasteiger partial charge < -0.3 is 10.4 Å². The van der Waals surface area contributed by atoms with Crippen molar-refractivity contribution in [3.63, 3.8) is 0 Å². The molecule has 2 nitrogen and oxygen atoms in total. The quantitative estimate of drug-likeness (QED) is 0.818. The van der Waals surface area contributed by atoms with Crippen LogP contribution < -0.4 is 5.32 Å². The molecule has 0 heterocycles. The van der Waals surface area contributed by atoms with Gasteiger partial charge in [0.25, 0.3) is 0 Å². The lowest BCUT2D eigenvalue weighted by molar-refractivity contribution is 0.282. The van der Waals surface area contributed by atoms with Crippen LogP contribution in [0.5, 0.6) is 0 Å². The van der Waals surface area contributed by atoms with E-state index in [4.69, 9.17) is 5.11 Å². The maximum absolute atomic E-state index is 8.97. The molecule has 2 rings (SSSR count). The van der Waals surface area contributed by atoms with Crippen LogP contribution in [-0.4, -0.2) is 11.1 Å². The zero-order chi connectivity index (χ0) is 11.4. The molecule has 2 atom stereocenters. The smallest absolute Gasteiger partial charge is 0.0681 e. The number of hydrogen-bond donors (Lipinski definition) is 2. The molecular weight excluding hydrogens is 198 g/mol. The van der Waals surface area contributed by atoms with Crippen molar-refractivity contribution in [1.29, 1.82) is 0 Å². The summed E-state index contributed by atoms with van der Waals surface area (Å²) in [5.41, 5.74) is 2.15. The first-order valence-corrected chi connectivity index (χ1v) is 6.26. The van der Waals surface area contributed by atoms with E-state index in [1.165, 1.54) is 31.4 Å². The summed E-state index contributed by atoms with van der Waals surface area (Å²) in [7, 11) is 0. The van der Waals surface area contributed by atoms with Crippen molar-refractivity contribution in [2.75, 3.05) is 5.32 Å². The van der Waals surface area contributed by atoms with Gasteiger partial charge in [-0.1, -0.05) is 31.9 Å². The Labute approximate surface area is 97.7 Å². The van der Waals surface area contributed by atoms with Crippen molar-refractivity contribution < 1.29 is 5.11 Å². The zero-order valence-electron chi connectivity index (χ0n) is 9.95. The van der Waals surface area contributed by atoms with Gasteiger partial charge in [-0.25, -0.2) is 0 Å². The molecule has 16 heavy (non-hydrogen) atoms. The minimum atomic E-state index is 0.125. The maximum Gasteiger partial charge on any atom is 0.0681 e. The van der Waals surface area contributed by atoms with E-state index in [0.29, 0.717) is 6.04 Å². The van der Waals surface area contributed by atoms with E-state index in [9.17, 15) is 0 Å². The summed E-state index contributed by atoms with van der Waals surface area (Å²) in [4.78, 5) is 0.